The van der Waals surface area contributed by atoms with Gasteiger partial charge < -0.3 is 19.4 Å². The lowest BCUT2D eigenvalue weighted by Gasteiger charge is -2.13. The molecule has 0 aromatic heterocycles. The molecule has 1 atom stereocenters. The highest BCUT2D eigenvalue weighted by Crippen LogP contribution is 2.38. The second kappa shape index (κ2) is 8.00. The van der Waals surface area contributed by atoms with Crippen LogP contribution in [0.2, 0.25) is 0 Å². The number of carbonyl (C=O) groups is 1. The van der Waals surface area contributed by atoms with E-state index in [0.717, 1.165) is 11.1 Å². The molecular weight excluding hydrogens is 364 g/mol. The molecule has 0 spiro atoms. The summed E-state index contributed by atoms with van der Waals surface area (Å²) in [5, 5.41) is 10.9. The van der Waals surface area contributed by atoms with Crippen molar-refractivity contribution in [1.82, 2.24) is 0 Å². The Bertz CT molecular complexity index is 1030. The fourth-order valence-corrected chi connectivity index (χ4v) is 3.97. The standard InChI is InChI=1S/C25H24O4/c1-16-5-3-6-17(2)25(16)19-8-4-7-18(11-19)14-28-21-9-10-22-20(12-24(26)27)15-29-23(22)13-21/h3-11,13,20H,12,14-15H2,1-2H3,(H,26,27)/p-1. The van der Waals surface area contributed by atoms with Gasteiger partial charge in [0.05, 0.1) is 6.61 Å². The maximum absolute atomic E-state index is 10.9. The number of hydrogen-bond acceptors (Lipinski definition) is 4. The molecule has 0 amide bonds. The second-order valence-electron chi connectivity index (χ2n) is 7.54. The first-order chi connectivity index (χ1) is 14.0. The Morgan fingerprint density at radius 2 is 1.83 bits per heavy atom. The van der Waals surface area contributed by atoms with Crippen LogP contribution in [0.15, 0.2) is 60.7 Å². The van der Waals surface area contributed by atoms with E-state index in [-0.39, 0.29) is 12.3 Å². The van der Waals surface area contributed by atoms with Crippen molar-refractivity contribution < 1.29 is 19.4 Å². The van der Waals surface area contributed by atoms with E-state index in [4.69, 9.17) is 9.47 Å². The lowest BCUT2D eigenvalue weighted by Crippen LogP contribution is -2.24. The van der Waals surface area contributed by atoms with Crippen LogP contribution in [0.5, 0.6) is 11.5 Å². The summed E-state index contributed by atoms with van der Waals surface area (Å²) in [5.74, 6) is 0.182. The lowest BCUT2D eigenvalue weighted by molar-refractivity contribution is -0.306. The van der Waals surface area contributed by atoms with Crippen LogP contribution in [-0.4, -0.2) is 12.6 Å². The van der Waals surface area contributed by atoms with Crippen LogP contribution >= 0.6 is 0 Å². The highest BCUT2D eigenvalue weighted by molar-refractivity contribution is 5.71. The van der Waals surface area contributed by atoms with E-state index >= 15 is 0 Å². The minimum absolute atomic E-state index is 0.0294. The first-order valence-corrected chi connectivity index (χ1v) is 9.76. The number of fused-ring (bicyclic) bond motifs is 1. The van der Waals surface area contributed by atoms with E-state index in [2.05, 4.69) is 56.3 Å². The molecule has 0 bridgehead atoms. The number of carbonyl (C=O) groups excluding carboxylic acids is 1. The third kappa shape index (κ3) is 4.11. The Kier molecular flexibility index (Phi) is 5.26. The van der Waals surface area contributed by atoms with Crippen molar-refractivity contribution in [1.29, 1.82) is 0 Å². The van der Waals surface area contributed by atoms with Gasteiger partial charge in [-0.2, -0.15) is 0 Å². The summed E-state index contributed by atoms with van der Waals surface area (Å²) in [7, 11) is 0. The summed E-state index contributed by atoms with van der Waals surface area (Å²) in [6.45, 7) is 5.07. The number of carboxylic acids is 1. The van der Waals surface area contributed by atoms with Crippen molar-refractivity contribution in [2.24, 2.45) is 0 Å². The van der Waals surface area contributed by atoms with E-state index in [9.17, 15) is 9.90 Å². The number of aryl methyl sites for hydroxylation is 2. The van der Waals surface area contributed by atoms with E-state index in [1.165, 1.54) is 22.3 Å². The summed E-state index contributed by atoms with van der Waals surface area (Å²) in [6, 6.07) is 20.3. The lowest BCUT2D eigenvalue weighted by atomic mass is 9.95. The van der Waals surface area contributed by atoms with Crippen molar-refractivity contribution >= 4 is 5.97 Å². The van der Waals surface area contributed by atoms with Gasteiger partial charge in [-0.05, 0) is 60.2 Å². The van der Waals surface area contributed by atoms with Gasteiger partial charge in [-0.15, -0.1) is 0 Å². The molecule has 148 valence electrons. The molecular formula is C25H23O4-. The van der Waals surface area contributed by atoms with Gasteiger partial charge in [0.25, 0.3) is 0 Å². The summed E-state index contributed by atoms with van der Waals surface area (Å²) in [5.41, 5.74) is 6.94. The predicted molar refractivity (Wildman–Crippen MR) is 110 cm³/mol. The smallest absolute Gasteiger partial charge is 0.126 e. The molecule has 1 aliphatic heterocycles. The minimum atomic E-state index is -1.06. The van der Waals surface area contributed by atoms with Crippen LogP contribution in [0.4, 0.5) is 0 Å². The maximum Gasteiger partial charge on any atom is 0.126 e. The van der Waals surface area contributed by atoms with E-state index in [1.807, 2.05) is 18.2 Å². The zero-order valence-corrected chi connectivity index (χ0v) is 16.6. The van der Waals surface area contributed by atoms with Gasteiger partial charge in [-0.25, -0.2) is 0 Å². The second-order valence-corrected chi connectivity index (χ2v) is 7.54. The Hall–Kier alpha value is -3.27. The van der Waals surface area contributed by atoms with Crippen LogP contribution < -0.4 is 14.6 Å². The molecule has 0 saturated carbocycles. The van der Waals surface area contributed by atoms with Gasteiger partial charge in [-0.1, -0.05) is 42.5 Å². The maximum atomic E-state index is 10.9. The number of hydrogen-bond donors (Lipinski definition) is 0. The molecule has 4 nitrogen and oxygen atoms in total. The molecule has 0 saturated heterocycles. The van der Waals surface area contributed by atoms with Crippen LogP contribution in [0, 0.1) is 13.8 Å². The summed E-state index contributed by atoms with van der Waals surface area (Å²) >= 11 is 0. The van der Waals surface area contributed by atoms with E-state index in [0.29, 0.717) is 24.7 Å². The topological polar surface area (TPSA) is 58.6 Å². The first kappa shape index (κ1) is 19.1. The monoisotopic (exact) mass is 387 g/mol. The molecule has 4 heteroatoms. The number of rotatable bonds is 6. The number of ether oxygens (including phenoxy) is 2. The van der Waals surface area contributed by atoms with Crippen LogP contribution in [-0.2, 0) is 11.4 Å². The average Bonchev–Trinajstić information content (AvgIpc) is 3.08. The van der Waals surface area contributed by atoms with Crippen molar-refractivity contribution in [2.75, 3.05) is 6.61 Å². The first-order valence-electron chi connectivity index (χ1n) is 9.76. The fraction of sp³-hybridized carbons (Fsp3) is 0.240. The summed E-state index contributed by atoms with van der Waals surface area (Å²) < 4.78 is 11.6. The molecule has 3 aromatic rings. The largest absolute Gasteiger partial charge is 0.550 e. The highest BCUT2D eigenvalue weighted by atomic mass is 16.5. The van der Waals surface area contributed by atoms with Gasteiger partial charge in [0, 0.05) is 23.5 Å². The molecule has 29 heavy (non-hydrogen) atoms. The van der Waals surface area contributed by atoms with Crippen molar-refractivity contribution in [2.45, 2.75) is 32.8 Å². The van der Waals surface area contributed by atoms with Crippen molar-refractivity contribution in [3.63, 3.8) is 0 Å². The number of benzene rings is 3. The zero-order chi connectivity index (χ0) is 20.4. The Morgan fingerprint density at radius 1 is 1.07 bits per heavy atom. The molecule has 0 fully saturated rings. The molecule has 0 radical (unpaired) electrons. The normalized spacial score (nSPS) is 14.9. The molecule has 4 rings (SSSR count). The van der Waals surface area contributed by atoms with Gasteiger partial charge in [0.1, 0.15) is 18.1 Å². The fourth-order valence-electron chi connectivity index (χ4n) is 3.97. The van der Waals surface area contributed by atoms with E-state index < -0.39 is 5.97 Å². The predicted octanol–water partition coefficient (Wildman–Crippen LogP) is 4.17. The molecule has 1 aliphatic rings. The Balaban J connectivity index is 1.49. The average molecular weight is 387 g/mol. The quantitative estimate of drug-likeness (QED) is 0.637. The minimum Gasteiger partial charge on any atom is -0.550 e. The summed E-state index contributed by atoms with van der Waals surface area (Å²) in [6.07, 6.45) is -0.0294. The molecule has 3 aromatic carbocycles. The van der Waals surface area contributed by atoms with Gasteiger partial charge in [0.2, 0.25) is 0 Å². The van der Waals surface area contributed by atoms with Gasteiger partial charge >= 0.3 is 0 Å². The Morgan fingerprint density at radius 3 is 2.59 bits per heavy atom. The Labute approximate surface area is 170 Å². The van der Waals surface area contributed by atoms with Crippen molar-refractivity contribution in [3.8, 4) is 22.6 Å². The zero-order valence-electron chi connectivity index (χ0n) is 16.6. The molecule has 1 unspecified atom stereocenters. The SMILES string of the molecule is Cc1cccc(C)c1-c1cccc(COc2ccc3c(c2)OCC3CC(=O)[O-])c1. The third-order valence-electron chi connectivity index (χ3n) is 5.38. The van der Waals surface area contributed by atoms with Crippen molar-refractivity contribution in [3.05, 3.63) is 82.9 Å². The number of aliphatic carboxylic acids is 1. The third-order valence-corrected chi connectivity index (χ3v) is 5.38. The van der Waals surface area contributed by atoms with Crippen LogP contribution in [0.25, 0.3) is 11.1 Å². The van der Waals surface area contributed by atoms with Gasteiger partial charge in [0.15, 0.2) is 0 Å². The molecule has 0 aliphatic carbocycles. The highest BCUT2D eigenvalue weighted by Gasteiger charge is 2.24. The molecule has 0 N–H and O–H groups in total. The van der Waals surface area contributed by atoms with Gasteiger partial charge in [-0.3, -0.25) is 0 Å². The summed E-state index contributed by atoms with van der Waals surface area (Å²) in [4.78, 5) is 10.9. The van der Waals surface area contributed by atoms with E-state index in [1.54, 1.807) is 0 Å². The number of carboxylic acid groups (broad SMARTS) is 1. The van der Waals surface area contributed by atoms with Crippen LogP contribution in [0.3, 0.4) is 0 Å². The molecule has 1 heterocycles. The van der Waals surface area contributed by atoms with Crippen LogP contribution in [0.1, 0.15) is 34.6 Å².